The third kappa shape index (κ3) is 5.13. The van der Waals surface area contributed by atoms with E-state index in [2.05, 4.69) is 25.9 Å². The highest BCUT2D eigenvalue weighted by molar-refractivity contribution is 5.71. The van der Waals surface area contributed by atoms with Crippen LogP contribution in [0.2, 0.25) is 0 Å². The van der Waals surface area contributed by atoms with E-state index < -0.39 is 16.8 Å². The number of nitrogens with one attached hydrogen (secondary N) is 3. The number of hydrogen-bond donors (Lipinski definition) is 3. The number of nitro groups is 1. The van der Waals surface area contributed by atoms with Crippen LogP contribution in [0.25, 0.3) is 0 Å². The van der Waals surface area contributed by atoms with Crippen molar-refractivity contribution in [3.63, 3.8) is 0 Å². The van der Waals surface area contributed by atoms with Crippen molar-refractivity contribution >= 4 is 34.9 Å². The van der Waals surface area contributed by atoms with Gasteiger partial charge in [0.2, 0.25) is 5.95 Å². The predicted molar refractivity (Wildman–Crippen MR) is 103 cm³/mol. The zero-order valence-corrected chi connectivity index (χ0v) is 15.0. The molecular formula is C18H15FN6O4. The van der Waals surface area contributed by atoms with Crippen molar-refractivity contribution in [1.29, 1.82) is 0 Å². The molecule has 2 aromatic carbocycles. The minimum atomic E-state index is -0.737. The average molecular weight is 398 g/mol. The summed E-state index contributed by atoms with van der Waals surface area (Å²) in [4.78, 5) is 29.5. The van der Waals surface area contributed by atoms with Crippen LogP contribution in [0.4, 0.5) is 38.0 Å². The van der Waals surface area contributed by atoms with Gasteiger partial charge < -0.3 is 20.7 Å². The number of nitrogens with zero attached hydrogens (tertiary/aromatic N) is 3. The van der Waals surface area contributed by atoms with Crippen molar-refractivity contribution in [3.8, 4) is 5.75 Å². The molecule has 11 heteroatoms. The van der Waals surface area contributed by atoms with E-state index in [4.69, 9.17) is 4.74 Å². The lowest BCUT2D eigenvalue weighted by molar-refractivity contribution is -0.384. The fraction of sp³-hybridized carbons (Fsp3) is 0.0556. The minimum Gasteiger partial charge on any atom is -0.410 e. The predicted octanol–water partition coefficient (Wildman–Crippen LogP) is 3.73. The first-order valence-corrected chi connectivity index (χ1v) is 8.25. The van der Waals surface area contributed by atoms with Crippen molar-refractivity contribution in [2.24, 2.45) is 0 Å². The summed E-state index contributed by atoms with van der Waals surface area (Å²) in [6.45, 7) is 0. The van der Waals surface area contributed by atoms with Gasteiger partial charge in [0.05, 0.1) is 11.1 Å². The monoisotopic (exact) mass is 398 g/mol. The van der Waals surface area contributed by atoms with Gasteiger partial charge in [0.1, 0.15) is 5.75 Å². The maximum atomic E-state index is 14.1. The topological polar surface area (TPSA) is 131 Å². The summed E-state index contributed by atoms with van der Waals surface area (Å²) in [7, 11) is 1.44. The van der Waals surface area contributed by atoms with Crippen LogP contribution in [0.15, 0.2) is 54.7 Å². The Balaban J connectivity index is 1.79. The number of amides is 1. The standard InChI is InChI=1S/C18H15FN6O4/c1-20-18(26)29-14-7-3-5-12(9-14)23-17-21-10-15(19)16(24-17)22-11-4-2-6-13(8-11)25(27)28/h2-10H,1H3,(H,20,26)(H2,21,22,23,24). The highest BCUT2D eigenvalue weighted by atomic mass is 19.1. The molecule has 0 spiro atoms. The molecule has 29 heavy (non-hydrogen) atoms. The molecule has 0 saturated carbocycles. The Labute approximate surface area is 163 Å². The number of nitro benzene ring substituents is 1. The van der Waals surface area contributed by atoms with Gasteiger partial charge in [0.15, 0.2) is 11.6 Å². The quantitative estimate of drug-likeness (QED) is 0.423. The van der Waals surface area contributed by atoms with Crippen LogP contribution in [0.1, 0.15) is 0 Å². The first kappa shape index (κ1) is 19.5. The SMILES string of the molecule is CNC(=O)Oc1cccc(Nc2ncc(F)c(Nc3cccc([N+](=O)[O-])c3)n2)c1. The van der Waals surface area contributed by atoms with Crippen LogP contribution in [0.3, 0.4) is 0 Å². The van der Waals surface area contributed by atoms with Crippen molar-refractivity contribution in [1.82, 2.24) is 15.3 Å². The summed E-state index contributed by atoms with van der Waals surface area (Å²) >= 11 is 0. The van der Waals surface area contributed by atoms with E-state index in [-0.39, 0.29) is 23.2 Å². The van der Waals surface area contributed by atoms with Crippen LogP contribution in [-0.2, 0) is 0 Å². The first-order valence-electron chi connectivity index (χ1n) is 8.25. The van der Waals surface area contributed by atoms with Gasteiger partial charge in [-0.15, -0.1) is 0 Å². The van der Waals surface area contributed by atoms with Crippen LogP contribution >= 0.6 is 0 Å². The number of ether oxygens (including phenoxy) is 1. The van der Waals surface area contributed by atoms with Crippen LogP contribution in [0.5, 0.6) is 5.75 Å². The molecular weight excluding hydrogens is 383 g/mol. The van der Waals surface area contributed by atoms with Gasteiger partial charge in [-0.3, -0.25) is 10.1 Å². The molecule has 3 N–H and O–H groups in total. The summed E-state index contributed by atoms with van der Waals surface area (Å²) in [5.74, 6) is -0.553. The Morgan fingerprint density at radius 3 is 2.59 bits per heavy atom. The highest BCUT2D eigenvalue weighted by Gasteiger charge is 2.11. The average Bonchev–Trinajstić information content (AvgIpc) is 2.71. The molecule has 0 radical (unpaired) electrons. The Morgan fingerprint density at radius 2 is 1.86 bits per heavy atom. The van der Waals surface area contributed by atoms with Gasteiger partial charge in [-0.2, -0.15) is 4.98 Å². The molecule has 148 valence electrons. The van der Waals surface area contributed by atoms with Crippen molar-refractivity contribution < 1.29 is 18.8 Å². The molecule has 3 rings (SSSR count). The number of halogens is 1. The fourth-order valence-electron chi connectivity index (χ4n) is 2.27. The molecule has 1 aromatic heterocycles. The molecule has 0 fully saturated rings. The highest BCUT2D eigenvalue weighted by Crippen LogP contribution is 2.24. The first-order chi connectivity index (χ1) is 13.9. The van der Waals surface area contributed by atoms with E-state index in [0.29, 0.717) is 11.4 Å². The van der Waals surface area contributed by atoms with Gasteiger partial charge in [-0.1, -0.05) is 12.1 Å². The van der Waals surface area contributed by atoms with Gasteiger partial charge >= 0.3 is 6.09 Å². The van der Waals surface area contributed by atoms with Crippen molar-refractivity contribution in [2.75, 3.05) is 17.7 Å². The second-order valence-electron chi connectivity index (χ2n) is 5.61. The number of benzene rings is 2. The lowest BCUT2D eigenvalue weighted by Crippen LogP contribution is -2.22. The van der Waals surface area contributed by atoms with Crippen molar-refractivity contribution in [3.05, 3.63) is 70.7 Å². The smallest absolute Gasteiger partial charge is 0.410 e. The number of carbonyl (C=O) groups excluding carboxylic acids is 1. The molecule has 0 aliphatic carbocycles. The van der Waals surface area contributed by atoms with Gasteiger partial charge in [0, 0.05) is 36.6 Å². The Hall–Kier alpha value is -4.28. The molecule has 0 bridgehead atoms. The third-order valence-electron chi connectivity index (χ3n) is 3.57. The number of rotatable bonds is 6. The summed E-state index contributed by atoms with van der Waals surface area (Å²) in [6.07, 6.45) is 0.337. The normalized spacial score (nSPS) is 10.1. The minimum absolute atomic E-state index is 0.0661. The Bertz CT molecular complexity index is 1060. The van der Waals surface area contributed by atoms with E-state index in [9.17, 15) is 19.3 Å². The van der Waals surface area contributed by atoms with Gasteiger partial charge in [-0.05, 0) is 18.2 Å². The summed E-state index contributed by atoms with van der Waals surface area (Å²) in [6, 6.07) is 12.0. The molecule has 0 unspecified atom stereocenters. The molecule has 10 nitrogen and oxygen atoms in total. The molecule has 1 amide bonds. The molecule has 0 atom stereocenters. The number of anilines is 4. The maximum absolute atomic E-state index is 14.1. The molecule has 0 aliphatic heterocycles. The summed E-state index contributed by atoms with van der Waals surface area (Å²) in [5, 5.41) is 18.8. The zero-order chi connectivity index (χ0) is 20.8. The molecule has 3 aromatic rings. The van der Waals surface area contributed by atoms with E-state index in [0.717, 1.165) is 6.20 Å². The second-order valence-corrected chi connectivity index (χ2v) is 5.61. The Kier molecular flexibility index (Phi) is 5.78. The number of aromatic nitrogens is 2. The number of non-ortho nitro benzene ring substituents is 1. The van der Waals surface area contributed by atoms with Crippen molar-refractivity contribution in [2.45, 2.75) is 0 Å². The lowest BCUT2D eigenvalue weighted by Gasteiger charge is -2.10. The second kappa shape index (κ2) is 8.61. The lowest BCUT2D eigenvalue weighted by atomic mass is 10.3. The van der Waals surface area contributed by atoms with Crippen LogP contribution in [0, 0.1) is 15.9 Å². The van der Waals surface area contributed by atoms with Crippen LogP contribution in [-0.4, -0.2) is 28.0 Å². The van der Waals surface area contributed by atoms with E-state index >= 15 is 0 Å². The summed E-state index contributed by atoms with van der Waals surface area (Å²) < 4.78 is 19.1. The zero-order valence-electron chi connectivity index (χ0n) is 15.0. The van der Waals surface area contributed by atoms with Gasteiger partial charge in [0.25, 0.3) is 5.69 Å². The van der Waals surface area contributed by atoms with E-state index in [1.54, 1.807) is 24.3 Å². The molecule has 0 saturated heterocycles. The number of carbonyl (C=O) groups is 1. The Morgan fingerprint density at radius 1 is 1.14 bits per heavy atom. The molecule has 0 aliphatic rings. The fourth-order valence-corrected chi connectivity index (χ4v) is 2.27. The third-order valence-corrected chi connectivity index (χ3v) is 3.57. The largest absolute Gasteiger partial charge is 0.412 e. The maximum Gasteiger partial charge on any atom is 0.412 e. The summed E-state index contributed by atoms with van der Waals surface area (Å²) in [5.41, 5.74) is 0.652. The van der Waals surface area contributed by atoms with Crippen LogP contribution < -0.4 is 20.7 Å². The van der Waals surface area contributed by atoms with E-state index in [1.165, 1.54) is 31.3 Å². The van der Waals surface area contributed by atoms with Gasteiger partial charge in [-0.25, -0.2) is 14.2 Å². The number of hydrogen-bond acceptors (Lipinski definition) is 8. The van der Waals surface area contributed by atoms with E-state index in [1.807, 2.05) is 0 Å². The molecule has 1 heterocycles.